The lowest BCUT2D eigenvalue weighted by Crippen LogP contribution is -2.58. The van der Waals surface area contributed by atoms with E-state index in [4.69, 9.17) is 5.73 Å². The van der Waals surface area contributed by atoms with Crippen molar-refractivity contribution in [2.75, 3.05) is 38.7 Å². The Morgan fingerprint density at radius 3 is 2.50 bits per heavy atom. The van der Waals surface area contributed by atoms with Crippen LogP contribution < -0.4 is 5.73 Å². The molecule has 0 aromatic heterocycles. The van der Waals surface area contributed by atoms with Gasteiger partial charge in [-0.3, -0.25) is 9.80 Å². The smallest absolute Gasteiger partial charge is 0.0470 e. The van der Waals surface area contributed by atoms with E-state index < -0.39 is 0 Å². The average Bonchev–Trinajstić information content (AvgIpc) is 2.81. The number of hydrogen-bond donors (Lipinski definition) is 1. The van der Waals surface area contributed by atoms with Crippen LogP contribution in [0.5, 0.6) is 0 Å². The molecule has 0 spiro atoms. The summed E-state index contributed by atoms with van der Waals surface area (Å²) in [6, 6.07) is 1.28. The van der Waals surface area contributed by atoms with Crippen LogP contribution in [-0.2, 0) is 0 Å². The molecule has 4 heteroatoms. The molecule has 0 aliphatic carbocycles. The zero-order chi connectivity index (χ0) is 13.8. The molecular weight excluding hydrogens is 242 g/mol. The maximum atomic E-state index is 6.15. The van der Waals surface area contributed by atoms with Gasteiger partial charge >= 0.3 is 0 Å². The minimum absolute atomic E-state index is 0.195. The Morgan fingerprint density at radius 2 is 2.11 bits per heavy atom. The Kier molecular flexibility index (Phi) is 6.45. The Balaban J connectivity index is 2.75. The first kappa shape index (κ1) is 16.3. The van der Waals surface area contributed by atoms with Gasteiger partial charge in [0.15, 0.2) is 0 Å². The first-order valence-electron chi connectivity index (χ1n) is 7.16. The molecule has 18 heavy (non-hydrogen) atoms. The lowest BCUT2D eigenvalue weighted by molar-refractivity contribution is 0.0856. The highest BCUT2D eigenvalue weighted by Crippen LogP contribution is 2.30. The van der Waals surface area contributed by atoms with Gasteiger partial charge in [0.2, 0.25) is 0 Å². The molecular formula is C14H31N3S. The van der Waals surface area contributed by atoms with Gasteiger partial charge < -0.3 is 5.73 Å². The molecule has 0 amide bonds. The van der Waals surface area contributed by atoms with Crippen molar-refractivity contribution < 1.29 is 0 Å². The summed E-state index contributed by atoms with van der Waals surface area (Å²) in [6.07, 6.45) is 4.62. The first-order chi connectivity index (χ1) is 8.50. The normalized spacial score (nSPS) is 27.3. The Labute approximate surface area is 117 Å². The molecule has 0 aromatic carbocycles. The van der Waals surface area contributed by atoms with Crippen molar-refractivity contribution in [1.29, 1.82) is 0 Å². The van der Waals surface area contributed by atoms with Gasteiger partial charge in [0.25, 0.3) is 0 Å². The van der Waals surface area contributed by atoms with E-state index in [0.29, 0.717) is 12.1 Å². The second-order valence-electron chi connectivity index (χ2n) is 5.87. The van der Waals surface area contributed by atoms with Crippen LogP contribution in [0.3, 0.4) is 0 Å². The third-order valence-electron chi connectivity index (χ3n) is 4.60. The molecule has 1 aliphatic heterocycles. The minimum Gasteiger partial charge on any atom is -0.329 e. The summed E-state index contributed by atoms with van der Waals surface area (Å²) in [7, 11) is 2.28. The molecule has 2 N–H and O–H groups in total. The largest absolute Gasteiger partial charge is 0.329 e. The maximum absolute atomic E-state index is 6.15. The van der Waals surface area contributed by atoms with E-state index in [1.54, 1.807) is 0 Å². The zero-order valence-corrected chi connectivity index (χ0v) is 13.6. The highest BCUT2D eigenvalue weighted by molar-refractivity contribution is 7.98. The van der Waals surface area contributed by atoms with Gasteiger partial charge in [-0.25, -0.2) is 0 Å². The molecule has 2 atom stereocenters. The van der Waals surface area contributed by atoms with Crippen molar-refractivity contribution in [2.45, 2.75) is 51.2 Å². The number of thioether (sulfide) groups is 1. The van der Waals surface area contributed by atoms with Crippen LogP contribution in [0.4, 0.5) is 0 Å². The van der Waals surface area contributed by atoms with E-state index in [1.165, 1.54) is 25.1 Å². The predicted octanol–water partition coefficient (Wildman–Crippen LogP) is 1.87. The second kappa shape index (κ2) is 7.13. The third kappa shape index (κ3) is 3.41. The van der Waals surface area contributed by atoms with Gasteiger partial charge in [-0.1, -0.05) is 6.92 Å². The van der Waals surface area contributed by atoms with Crippen LogP contribution in [0.25, 0.3) is 0 Å². The summed E-state index contributed by atoms with van der Waals surface area (Å²) in [5.41, 5.74) is 6.34. The topological polar surface area (TPSA) is 32.5 Å². The first-order valence-corrected chi connectivity index (χ1v) is 8.56. The van der Waals surface area contributed by atoms with Crippen molar-refractivity contribution in [3.8, 4) is 0 Å². The molecule has 1 rings (SSSR count). The van der Waals surface area contributed by atoms with Crippen molar-refractivity contribution in [1.82, 2.24) is 9.80 Å². The van der Waals surface area contributed by atoms with Gasteiger partial charge in [-0.15, -0.1) is 0 Å². The van der Waals surface area contributed by atoms with Gasteiger partial charge in [0.05, 0.1) is 0 Å². The molecule has 0 aromatic rings. The second-order valence-corrected chi connectivity index (χ2v) is 6.78. The lowest BCUT2D eigenvalue weighted by atomic mass is 9.94. The van der Waals surface area contributed by atoms with Crippen LogP contribution in [0.15, 0.2) is 0 Å². The van der Waals surface area contributed by atoms with Crippen molar-refractivity contribution in [2.24, 2.45) is 5.73 Å². The van der Waals surface area contributed by atoms with Crippen LogP contribution in [0, 0.1) is 0 Å². The van der Waals surface area contributed by atoms with Gasteiger partial charge in [0.1, 0.15) is 0 Å². The van der Waals surface area contributed by atoms with Gasteiger partial charge in [-0.2, -0.15) is 11.8 Å². The summed E-state index contributed by atoms with van der Waals surface area (Å²) in [6.45, 7) is 9.95. The monoisotopic (exact) mass is 273 g/mol. The molecule has 1 fully saturated rings. The zero-order valence-electron chi connectivity index (χ0n) is 12.8. The Bertz CT molecular complexity index is 247. The van der Waals surface area contributed by atoms with Crippen LogP contribution in [0.1, 0.15) is 33.6 Å². The van der Waals surface area contributed by atoms with E-state index >= 15 is 0 Å². The van der Waals surface area contributed by atoms with Gasteiger partial charge in [0, 0.05) is 43.0 Å². The SMILES string of the molecule is CCC(CSC)N(C)C1(CN)CCN(C(C)C)C1. The fourth-order valence-electron chi connectivity index (χ4n) is 3.01. The van der Waals surface area contributed by atoms with Crippen molar-refractivity contribution >= 4 is 11.8 Å². The summed E-state index contributed by atoms with van der Waals surface area (Å²) in [5, 5.41) is 0. The standard InChI is InChI=1S/C14H31N3S/c1-6-13(9-18-5)16(4)14(10-15)7-8-17(11-14)12(2)3/h12-13H,6-11,15H2,1-5H3. The number of nitrogens with zero attached hydrogens (tertiary/aromatic N) is 2. The number of hydrogen-bond acceptors (Lipinski definition) is 4. The molecule has 2 unspecified atom stereocenters. The van der Waals surface area contributed by atoms with Crippen molar-refractivity contribution in [3.63, 3.8) is 0 Å². The van der Waals surface area contributed by atoms with Crippen molar-refractivity contribution in [3.05, 3.63) is 0 Å². The maximum Gasteiger partial charge on any atom is 0.0470 e. The number of likely N-dealkylation sites (N-methyl/N-ethyl adjacent to an activating group) is 1. The molecule has 1 saturated heterocycles. The number of rotatable bonds is 7. The fourth-order valence-corrected chi connectivity index (χ4v) is 3.85. The summed E-state index contributed by atoms with van der Waals surface area (Å²) in [4.78, 5) is 5.14. The van der Waals surface area contributed by atoms with E-state index in [9.17, 15) is 0 Å². The van der Waals surface area contributed by atoms with Gasteiger partial charge in [-0.05, 0) is 40.0 Å². The molecule has 1 aliphatic rings. The molecule has 3 nitrogen and oxygen atoms in total. The van der Waals surface area contributed by atoms with Crippen LogP contribution >= 0.6 is 11.8 Å². The molecule has 0 saturated carbocycles. The quantitative estimate of drug-likeness (QED) is 0.767. The molecule has 108 valence electrons. The molecule has 0 radical (unpaired) electrons. The van der Waals surface area contributed by atoms with Crippen LogP contribution in [-0.4, -0.2) is 66.1 Å². The summed E-state index contributed by atoms with van der Waals surface area (Å²) < 4.78 is 0. The van der Waals surface area contributed by atoms with E-state index in [-0.39, 0.29) is 5.54 Å². The Morgan fingerprint density at radius 1 is 1.44 bits per heavy atom. The third-order valence-corrected chi connectivity index (χ3v) is 5.32. The highest BCUT2D eigenvalue weighted by Gasteiger charge is 2.42. The number of likely N-dealkylation sites (tertiary alicyclic amines) is 1. The summed E-state index contributed by atoms with van der Waals surface area (Å²) >= 11 is 1.94. The summed E-state index contributed by atoms with van der Waals surface area (Å²) in [5.74, 6) is 1.20. The van der Waals surface area contributed by atoms with E-state index in [1.807, 2.05) is 11.8 Å². The van der Waals surface area contributed by atoms with Crippen LogP contribution in [0.2, 0.25) is 0 Å². The van der Waals surface area contributed by atoms with E-state index in [0.717, 1.165) is 13.1 Å². The number of nitrogens with two attached hydrogens (primary N) is 1. The Hall–Kier alpha value is 0.230. The molecule has 0 bridgehead atoms. The van der Waals surface area contributed by atoms with E-state index in [2.05, 4.69) is 43.9 Å². The average molecular weight is 273 g/mol. The fraction of sp³-hybridized carbons (Fsp3) is 1.00. The molecule has 1 heterocycles. The predicted molar refractivity (Wildman–Crippen MR) is 83.3 cm³/mol. The highest BCUT2D eigenvalue weighted by atomic mass is 32.2. The minimum atomic E-state index is 0.195. The lowest BCUT2D eigenvalue weighted by Gasteiger charge is -2.43.